The normalized spacial score (nSPS) is 16.3. The summed E-state index contributed by atoms with van der Waals surface area (Å²) in [6, 6.07) is 11.4. The SMILES string of the molecule is Cn1cc(C2CN(C(=O)Cc3ccc(F)cc3F)Cc3ccccc32)cn1. The van der Waals surface area contributed by atoms with Crippen LogP contribution in [0.2, 0.25) is 0 Å². The first-order chi connectivity index (χ1) is 13.0. The monoisotopic (exact) mass is 367 g/mol. The predicted octanol–water partition coefficient (Wildman–Crippen LogP) is 3.42. The molecule has 1 aliphatic rings. The molecule has 1 aromatic heterocycles. The number of fused-ring (bicyclic) bond motifs is 1. The van der Waals surface area contributed by atoms with Crippen molar-refractivity contribution in [3.8, 4) is 0 Å². The van der Waals surface area contributed by atoms with E-state index in [1.807, 2.05) is 37.6 Å². The van der Waals surface area contributed by atoms with Gasteiger partial charge in [0.2, 0.25) is 5.91 Å². The number of halogens is 2. The van der Waals surface area contributed by atoms with Crippen LogP contribution in [0.5, 0.6) is 0 Å². The van der Waals surface area contributed by atoms with Crippen molar-refractivity contribution in [1.29, 1.82) is 0 Å². The molecule has 0 saturated heterocycles. The Morgan fingerprint density at radius 1 is 1.22 bits per heavy atom. The molecule has 0 fully saturated rings. The minimum absolute atomic E-state index is 0.0191. The number of rotatable bonds is 3. The highest BCUT2D eigenvalue weighted by Crippen LogP contribution is 2.33. The Kier molecular flexibility index (Phi) is 4.48. The fraction of sp³-hybridized carbons (Fsp3) is 0.238. The lowest BCUT2D eigenvalue weighted by molar-refractivity contribution is -0.131. The van der Waals surface area contributed by atoms with E-state index in [2.05, 4.69) is 11.2 Å². The maximum atomic E-state index is 13.9. The fourth-order valence-electron chi connectivity index (χ4n) is 3.64. The van der Waals surface area contributed by atoms with Crippen molar-refractivity contribution in [2.45, 2.75) is 18.9 Å². The average molecular weight is 367 g/mol. The summed E-state index contributed by atoms with van der Waals surface area (Å²) in [6.45, 7) is 0.985. The van der Waals surface area contributed by atoms with Gasteiger partial charge in [-0.3, -0.25) is 9.48 Å². The molecule has 0 N–H and O–H groups in total. The Bertz CT molecular complexity index is 999. The van der Waals surface area contributed by atoms with Gasteiger partial charge in [-0.2, -0.15) is 5.10 Å². The lowest BCUT2D eigenvalue weighted by Crippen LogP contribution is -2.39. The lowest BCUT2D eigenvalue weighted by atomic mass is 9.86. The molecule has 0 radical (unpaired) electrons. The Morgan fingerprint density at radius 3 is 2.78 bits per heavy atom. The van der Waals surface area contributed by atoms with Gasteiger partial charge in [-0.25, -0.2) is 8.78 Å². The van der Waals surface area contributed by atoms with Crippen molar-refractivity contribution < 1.29 is 13.6 Å². The van der Waals surface area contributed by atoms with Crippen LogP contribution in [0.4, 0.5) is 8.78 Å². The summed E-state index contributed by atoms with van der Waals surface area (Å²) in [7, 11) is 1.86. The van der Waals surface area contributed by atoms with E-state index in [-0.39, 0.29) is 23.8 Å². The van der Waals surface area contributed by atoms with Gasteiger partial charge in [-0.1, -0.05) is 30.3 Å². The average Bonchev–Trinajstić information content (AvgIpc) is 3.09. The van der Waals surface area contributed by atoms with E-state index in [4.69, 9.17) is 0 Å². The van der Waals surface area contributed by atoms with Crippen LogP contribution in [0.15, 0.2) is 54.9 Å². The first-order valence-corrected chi connectivity index (χ1v) is 8.79. The molecule has 0 bridgehead atoms. The van der Waals surface area contributed by atoms with Crippen molar-refractivity contribution in [1.82, 2.24) is 14.7 Å². The Morgan fingerprint density at radius 2 is 2.04 bits per heavy atom. The molecule has 1 amide bonds. The zero-order valence-electron chi connectivity index (χ0n) is 14.9. The highest BCUT2D eigenvalue weighted by molar-refractivity contribution is 5.79. The molecule has 2 aromatic carbocycles. The maximum Gasteiger partial charge on any atom is 0.227 e. The van der Waals surface area contributed by atoms with E-state index >= 15 is 0 Å². The topological polar surface area (TPSA) is 38.1 Å². The van der Waals surface area contributed by atoms with E-state index in [0.29, 0.717) is 13.1 Å². The van der Waals surface area contributed by atoms with Crippen LogP contribution in [0.1, 0.15) is 28.2 Å². The van der Waals surface area contributed by atoms with Crippen molar-refractivity contribution in [3.05, 3.63) is 88.7 Å². The Labute approximate surface area is 156 Å². The zero-order chi connectivity index (χ0) is 19.0. The van der Waals surface area contributed by atoms with Crippen LogP contribution < -0.4 is 0 Å². The second kappa shape index (κ2) is 6.95. The molecule has 27 heavy (non-hydrogen) atoms. The Balaban J connectivity index is 1.61. The molecule has 1 unspecified atom stereocenters. The highest BCUT2D eigenvalue weighted by atomic mass is 19.1. The molecule has 4 rings (SSSR count). The molecule has 0 aliphatic carbocycles. The standard InChI is InChI=1S/C21H19F2N3O/c1-25-11-16(10-24-25)19-13-26(12-15-4-2-3-5-18(15)19)21(27)8-14-6-7-17(22)9-20(14)23/h2-7,9-11,19H,8,12-13H2,1H3. The Hall–Kier alpha value is -3.02. The quantitative estimate of drug-likeness (QED) is 0.712. The van der Waals surface area contributed by atoms with Gasteiger partial charge in [0.25, 0.3) is 0 Å². The van der Waals surface area contributed by atoms with E-state index in [1.165, 1.54) is 17.7 Å². The number of nitrogens with zero attached hydrogens (tertiary/aromatic N) is 3. The molecule has 1 aliphatic heterocycles. The van der Waals surface area contributed by atoms with Gasteiger partial charge in [-0.15, -0.1) is 0 Å². The number of benzene rings is 2. The van der Waals surface area contributed by atoms with Crippen LogP contribution >= 0.6 is 0 Å². The largest absolute Gasteiger partial charge is 0.337 e. The van der Waals surface area contributed by atoms with Gasteiger partial charge >= 0.3 is 0 Å². The first kappa shape index (κ1) is 17.4. The number of carbonyl (C=O) groups is 1. The molecule has 3 aromatic rings. The summed E-state index contributed by atoms with van der Waals surface area (Å²) in [5.41, 5.74) is 3.50. The molecule has 6 heteroatoms. The van der Waals surface area contributed by atoms with Gasteiger partial charge in [0, 0.05) is 38.3 Å². The van der Waals surface area contributed by atoms with Gasteiger partial charge in [0.05, 0.1) is 12.6 Å². The molecule has 0 saturated carbocycles. The van der Waals surface area contributed by atoms with Crippen molar-refractivity contribution in [2.75, 3.05) is 6.54 Å². The molecular formula is C21H19F2N3O. The van der Waals surface area contributed by atoms with Crippen molar-refractivity contribution >= 4 is 5.91 Å². The van der Waals surface area contributed by atoms with Gasteiger partial charge in [0.15, 0.2) is 0 Å². The van der Waals surface area contributed by atoms with E-state index in [0.717, 1.165) is 17.2 Å². The number of aromatic nitrogens is 2. The lowest BCUT2D eigenvalue weighted by Gasteiger charge is -2.34. The number of amides is 1. The van der Waals surface area contributed by atoms with E-state index in [1.54, 1.807) is 9.58 Å². The second-order valence-electron chi connectivity index (χ2n) is 6.89. The minimum Gasteiger partial charge on any atom is -0.337 e. The van der Waals surface area contributed by atoms with Gasteiger partial charge < -0.3 is 4.90 Å². The van der Waals surface area contributed by atoms with Crippen molar-refractivity contribution in [3.63, 3.8) is 0 Å². The molecular weight excluding hydrogens is 348 g/mol. The molecule has 4 nitrogen and oxygen atoms in total. The van der Waals surface area contributed by atoms with Crippen LogP contribution in [0.25, 0.3) is 0 Å². The smallest absolute Gasteiger partial charge is 0.227 e. The van der Waals surface area contributed by atoms with Crippen LogP contribution in [-0.4, -0.2) is 27.1 Å². The predicted molar refractivity (Wildman–Crippen MR) is 97.0 cm³/mol. The maximum absolute atomic E-state index is 13.9. The fourth-order valence-corrected chi connectivity index (χ4v) is 3.64. The third kappa shape index (κ3) is 3.47. The third-order valence-electron chi connectivity index (χ3n) is 5.03. The number of hydrogen-bond acceptors (Lipinski definition) is 2. The van der Waals surface area contributed by atoms with E-state index in [9.17, 15) is 13.6 Å². The summed E-state index contributed by atoms with van der Waals surface area (Å²) >= 11 is 0. The molecule has 1 atom stereocenters. The summed E-state index contributed by atoms with van der Waals surface area (Å²) in [5, 5.41) is 4.25. The zero-order valence-corrected chi connectivity index (χ0v) is 14.9. The molecule has 0 spiro atoms. The number of aryl methyl sites for hydroxylation is 1. The second-order valence-corrected chi connectivity index (χ2v) is 6.89. The molecule has 2 heterocycles. The summed E-state index contributed by atoms with van der Waals surface area (Å²) < 4.78 is 28.8. The summed E-state index contributed by atoms with van der Waals surface area (Å²) in [5.74, 6) is -1.49. The van der Waals surface area contributed by atoms with Crippen LogP contribution in [-0.2, 0) is 24.8 Å². The van der Waals surface area contributed by atoms with Gasteiger partial charge in [0.1, 0.15) is 11.6 Å². The molecule has 138 valence electrons. The number of hydrogen-bond donors (Lipinski definition) is 0. The van der Waals surface area contributed by atoms with Crippen LogP contribution in [0, 0.1) is 11.6 Å². The summed E-state index contributed by atoms with van der Waals surface area (Å²) in [4.78, 5) is 14.6. The van der Waals surface area contributed by atoms with Crippen molar-refractivity contribution in [2.24, 2.45) is 7.05 Å². The summed E-state index contributed by atoms with van der Waals surface area (Å²) in [6.07, 6.45) is 3.68. The minimum atomic E-state index is -0.690. The van der Waals surface area contributed by atoms with Crippen LogP contribution in [0.3, 0.4) is 0 Å². The number of carbonyl (C=O) groups excluding carboxylic acids is 1. The first-order valence-electron chi connectivity index (χ1n) is 8.79. The van der Waals surface area contributed by atoms with Gasteiger partial charge in [-0.05, 0) is 28.3 Å². The highest BCUT2D eigenvalue weighted by Gasteiger charge is 2.30. The van der Waals surface area contributed by atoms with E-state index < -0.39 is 11.6 Å². The third-order valence-corrected chi connectivity index (χ3v) is 5.03.